The second kappa shape index (κ2) is 3.34. The lowest BCUT2D eigenvalue weighted by Crippen LogP contribution is -2.21. The highest BCUT2D eigenvalue weighted by atomic mass is 79.9. The molecule has 82 valence electrons. The first-order valence-corrected chi connectivity index (χ1v) is 4.97. The number of halogens is 1. The molecule has 0 heterocycles. The van der Waals surface area contributed by atoms with Crippen LogP contribution in [0.2, 0.25) is 0 Å². The molecule has 1 aromatic carbocycles. The molecule has 1 aliphatic carbocycles. The molecule has 16 heavy (non-hydrogen) atoms. The van der Waals surface area contributed by atoms with E-state index in [1.54, 1.807) is 0 Å². The van der Waals surface area contributed by atoms with E-state index in [0.717, 1.165) is 12.1 Å². The lowest BCUT2D eigenvalue weighted by molar-refractivity contribution is -0.111. The number of aliphatic hydroxyl groups excluding tert-OH is 1. The predicted molar refractivity (Wildman–Crippen MR) is 57.6 cm³/mol. The summed E-state index contributed by atoms with van der Waals surface area (Å²) in [5, 5.41) is 28.3. The van der Waals surface area contributed by atoms with Crippen LogP contribution in [0.15, 0.2) is 16.6 Å². The molecule has 0 saturated carbocycles. The van der Waals surface area contributed by atoms with Crippen LogP contribution in [0.1, 0.15) is 15.9 Å². The van der Waals surface area contributed by atoms with E-state index >= 15 is 0 Å². The van der Waals surface area contributed by atoms with Crippen molar-refractivity contribution < 1.29 is 24.9 Å². The number of hydrogen-bond acceptors (Lipinski definition) is 5. The van der Waals surface area contributed by atoms with Crippen molar-refractivity contribution in [3.63, 3.8) is 0 Å². The van der Waals surface area contributed by atoms with Gasteiger partial charge < -0.3 is 15.3 Å². The van der Waals surface area contributed by atoms with Crippen LogP contribution in [0.25, 0.3) is 5.76 Å². The van der Waals surface area contributed by atoms with Crippen molar-refractivity contribution in [2.75, 3.05) is 0 Å². The predicted octanol–water partition coefficient (Wildman–Crippen LogP) is 1.48. The zero-order valence-corrected chi connectivity index (χ0v) is 9.28. The maximum absolute atomic E-state index is 11.5. The molecule has 0 bridgehead atoms. The number of ketones is 2. The molecule has 0 amide bonds. The molecule has 0 unspecified atom stereocenters. The summed E-state index contributed by atoms with van der Waals surface area (Å²) in [7, 11) is 0. The lowest BCUT2D eigenvalue weighted by atomic mass is 9.93. The Morgan fingerprint density at radius 1 is 1.00 bits per heavy atom. The minimum Gasteiger partial charge on any atom is -0.508 e. The Labute approximate surface area is 97.8 Å². The second-order valence-electron chi connectivity index (χ2n) is 3.21. The smallest absolute Gasteiger partial charge is 0.244 e. The summed E-state index contributed by atoms with van der Waals surface area (Å²) in [5.74, 6) is -3.16. The van der Waals surface area contributed by atoms with Gasteiger partial charge in [0.1, 0.15) is 21.7 Å². The van der Waals surface area contributed by atoms with Crippen molar-refractivity contribution in [2.24, 2.45) is 0 Å². The van der Waals surface area contributed by atoms with Gasteiger partial charge in [-0.15, -0.1) is 0 Å². The standard InChI is InChI=1S/C10H5BrO5/c11-7-9(15)6-4(8(14)10(7)16)1-3(12)2-5(6)13/h1-2,12-13,15H. The highest BCUT2D eigenvalue weighted by Gasteiger charge is 2.34. The summed E-state index contributed by atoms with van der Waals surface area (Å²) in [6, 6.07) is 1.99. The first-order chi connectivity index (χ1) is 7.43. The minimum atomic E-state index is -0.921. The number of aliphatic hydroxyl groups is 1. The van der Waals surface area contributed by atoms with Gasteiger partial charge in [-0.2, -0.15) is 0 Å². The Morgan fingerprint density at radius 2 is 1.62 bits per heavy atom. The number of benzene rings is 1. The summed E-state index contributed by atoms with van der Waals surface area (Å²) in [4.78, 5) is 22.9. The van der Waals surface area contributed by atoms with Crippen LogP contribution in [0.5, 0.6) is 11.5 Å². The summed E-state index contributed by atoms with van der Waals surface area (Å²) < 4.78 is -0.300. The van der Waals surface area contributed by atoms with Gasteiger partial charge in [0, 0.05) is 11.6 Å². The average molecular weight is 285 g/mol. The fourth-order valence-corrected chi connectivity index (χ4v) is 1.86. The first-order valence-electron chi connectivity index (χ1n) is 4.17. The van der Waals surface area contributed by atoms with Gasteiger partial charge in [0.15, 0.2) is 0 Å². The molecule has 0 saturated heterocycles. The molecule has 3 N–H and O–H groups in total. The Bertz CT molecular complexity index is 559. The fourth-order valence-electron chi connectivity index (χ4n) is 1.48. The summed E-state index contributed by atoms with van der Waals surface area (Å²) in [5.41, 5.74) is -0.377. The Hall–Kier alpha value is -1.82. The van der Waals surface area contributed by atoms with E-state index in [1.807, 2.05) is 0 Å². The van der Waals surface area contributed by atoms with Gasteiger partial charge >= 0.3 is 0 Å². The number of aromatic hydroxyl groups is 2. The molecular formula is C10H5BrO5. The third-order valence-corrected chi connectivity index (χ3v) is 2.93. The molecule has 0 aromatic heterocycles. The highest BCUT2D eigenvalue weighted by Crippen LogP contribution is 2.38. The molecule has 1 aromatic rings. The van der Waals surface area contributed by atoms with Crippen LogP contribution in [0.4, 0.5) is 0 Å². The zero-order chi connectivity index (χ0) is 12.0. The Kier molecular flexibility index (Phi) is 2.23. The van der Waals surface area contributed by atoms with E-state index < -0.39 is 23.1 Å². The van der Waals surface area contributed by atoms with Gasteiger partial charge in [-0.05, 0) is 22.0 Å². The van der Waals surface area contributed by atoms with Gasteiger partial charge in [-0.1, -0.05) is 0 Å². The molecule has 0 aliphatic heterocycles. The van der Waals surface area contributed by atoms with Crippen LogP contribution in [0.3, 0.4) is 0 Å². The van der Waals surface area contributed by atoms with E-state index in [9.17, 15) is 24.9 Å². The van der Waals surface area contributed by atoms with Crippen LogP contribution < -0.4 is 0 Å². The summed E-state index contributed by atoms with van der Waals surface area (Å²) in [6.07, 6.45) is 0. The van der Waals surface area contributed by atoms with Gasteiger partial charge in [0.25, 0.3) is 0 Å². The van der Waals surface area contributed by atoms with Crippen molar-refractivity contribution in [2.45, 2.75) is 0 Å². The molecular weight excluding hydrogens is 280 g/mol. The average Bonchev–Trinajstić information content (AvgIpc) is 2.22. The van der Waals surface area contributed by atoms with Crippen molar-refractivity contribution in [3.8, 4) is 11.5 Å². The summed E-state index contributed by atoms with van der Waals surface area (Å²) in [6.45, 7) is 0. The van der Waals surface area contributed by atoms with E-state index in [4.69, 9.17) is 0 Å². The largest absolute Gasteiger partial charge is 0.508 e. The topological polar surface area (TPSA) is 94.8 Å². The fraction of sp³-hybridized carbons (Fsp3) is 0. The number of allylic oxidation sites excluding steroid dienone is 1. The van der Waals surface area contributed by atoms with E-state index in [2.05, 4.69) is 15.9 Å². The minimum absolute atomic E-state index is 0.158. The maximum atomic E-state index is 11.5. The van der Waals surface area contributed by atoms with Crippen LogP contribution >= 0.6 is 15.9 Å². The molecule has 0 atom stereocenters. The summed E-state index contributed by atoms with van der Waals surface area (Å²) >= 11 is 2.77. The number of rotatable bonds is 0. The Morgan fingerprint density at radius 3 is 2.25 bits per heavy atom. The highest BCUT2D eigenvalue weighted by molar-refractivity contribution is 9.12. The Balaban J connectivity index is 2.86. The quantitative estimate of drug-likeness (QED) is 0.628. The zero-order valence-electron chi connectivity index (χ0n) is 7.69. The third kappa shape index (κ3) is 1.30. The van der Waals surface area contributed by atoms with E-state index in [0.29, 0.717) is 0 Å². The SMILES string of the molecule is O=C1C(=O)c2cc(O)cc(O)c2C(O)=C1Br. The number of phenols is 2. The third-order valence-electron chi connectivity index (χ3n) is 2.20. The van der Waals surface area contributed by atoms with Crippen molar-refractivity contribution in [1.82, 2.24) is 0 Å². The van der Waals surface area contributed by atoms with Gasteiger partial charge in [-0.3, -0.25) is 9.59 Å². The normalized spacial score (nSPS) is 15.3. The first kappa shape index (κ1) is 10.7. The van der Waals surface area contributed by atoms with E-state index in [-0.39, 0.29) is 21.4 Å². The number of carbonyl (C=O) groups is 2. The number of carbonyl (C=O) groups excluding carboxylic acids is 2. The number of fused-ring (bicyclic) bond motifs is 1. The van der Waals surface area contributed by atoms with E-state index in [1.165, 1.54) is 0 Å². The number of Topliss-reactive ketones (excluding diaryl/α,β-unsaturated/α-hetero) is 2. The molecule has 6 heteroatoms. The lowest BCUT2D eigenvalue weighted by Gasteiger charge is -2.15. The van der Waals surface area contributed by atoms with Crippen molar-refractivity contribution in [3.05, 3.63) is 27.7 Å². The van der Waals surface area contributed by atoms with Gasteiger partial charge in [0.2, 0.25) is 11.6 Å². The molecule has 2 rings (SSSR count). The molecule has 5 nitrogen and oxygen atoms in total. The van der Waals surface area contributed by atoms with Gasteiger partial charge in [0.05, 0.1) is 5.56 Å². The van der Waals surface area contributed by atoms with Crippen LogP contribution in [0, 0.1) is 0 Å². The number of phenolic OH excluding ortho intramolecular Hbond substituents is 2. The maximum Gasteiger partial charge on any atom is 0.244 e. The van der Waals surface area contributed by atoms with Gasteiger partial charge in [-0.25, -0.2) is 0 Å². The molecule has 0 radical (unpaired) electrons. The molecule has 1 aliphatic rings. The molecule has 0 fully saturated rings. The molecule has 0 spiro atoms. The monoisotopic (exact) mass is 284 g/mol. The van der Waals surface area contributed by atoms with Crippen molar-refractivity contribution in [1.29, 1.82) is 0 Å². The van der Waals surface area contributed by atoms with Crippen LogP contribution in [-0.4, -0.2) is 26.9 Å². The van der Waals surface area contributed by atoms with Crippen molar-refractivity contribution >= 4 is 33.3 Å². The van der Waals surface area contributed by atoms with Crippen LogP contribution in [-0.2, 0) is 4.79 Å². The number of hydrogen-bond donors (Lipinski definition) is 3. The second-order valence-corrected chi connectivity index (χ2v) is 4.00.